The van der Waals surface area contributed by atoms with Crippen LogP contribution in [0.25, 0.3) is 21.3 Å². The number of thiazole rings is 1. The molecule has 3 heterocycles. The van der Waals surface area contributed by atoms with Crippen LogP contribution in [0.2, 0.25) is 0 Å². The number of nitrogens with zero attached hydrogens (tertiary/aromatic N) is 5. The maximum Gasteiger partial charge on any atom is 0.243 e. The highest BCUT2D eigenvalue weighted by molar-refractivity contribution is 7.89. The summed E-state index contributed by atoms with van der Waals surface area (Å²) in [6.07, 6.45) is 2.95. The zero-order valence-electron chi connectivity index (χ0n) is 19.9. The third-order valence-corrected chi connectivity index (χ3v) is 9.89. The van der Waals surface area contributed by atoms with Crippen molar-refractivity contribution in [3.8, 4) is 0 Å². The van der Waals surface area contributed by atoms with E-state index in [-0.39, 0.29) is 6.04 Å². The van der Waals surface area contributed by atoms with Crippen LogP contribution in [0, 0.1) is 0 Å². The molecule has 4 aromatic rings. The van der Waals surface area contributed by atoms with E-state index in [1.54, 1.807) is 27.8 Å². The number of aromatic nitrogens is 3. The molecule has 1 aliphatic heterocycles. The van der Waals surface area contributed by atoms with Gasteiger partial charge in [-0.1, -0.05) is 18.6 Å². The van der Waals surface area contributed by atoms with Gasteiger partial charge in [0.25, 0.3) is 0 Å². The number of imidazole rings is 1. The van der Waals surface area contributed by atoms with Gasteiger partial charge in [-0.25, -0.2) is 18.4 Å². The number of sulfonamides is 1. The van der Waals surface area contributed by atoms with E-state index in [1.807, 2.05) is 24.3 Å². The van der Waals surface area contributed by atoms with E-state index in [9.17, 15) is 8.42 Å². The number of para-hydroxylation sites is 1. The smallest absolute Gasteiger partial charge is 0.243 e. The first-order valence-electron chi connectivity index (χ1n) is 11.9. The molecule has 1 saturated heterocycles. The lowest BCUT2D eigenvalue weighted by molar-refractivity contribution is 0.244. The molecule has 0 N–H and O–H groups in total. The van der Waals surface area contributed by atoms with Crippen LogP contribution in [-0.4, -0.2) is 52.3 Å². The van der Waals surface area contributed by atoms with Crippen molar-refractivity contribution in [2.24, 2.45) is 0 Å². The van der Waals surface area contributed by atoms with E-state index < -0.39 is 10.0 Å². The molecule has 5 rings (SSSR count). The first-order chi connectivity index (χ1) is 16.4. The summed E-state index contributed by atoms with van der Waals surface area (Å²) in [6.45, 7) is 6.88. The second-order valence-corrected chi connectivity index (χ2v) is 12.0. The SMILES string of the molecule is CCn1c(CN(C)[C@@H](C)c2nc3ccccc3s2)nc2cc(S(=O)(=O)N3CCCCC3)ccc21. The van der Waals surface area contributed by atoms with Crippen LogP contribution >= 0.6 is 11.3 Å². The Bertz CT molecular complexity index is 1390. The van der Waals surface area contributed by atoms with Gasteiger partial charge in [0.05, 0.1) is 38.7 Å². The Morgan fingerprint density at radius 2 is 1.82 bits per heavy atom. The van der Waals surface area contributed by atoms with Gasteiger partial charge < -0.3 is 4.57 Å². The maximum atomic E-state index is 13.2. The molecule has 0 unspecified atom stereocenters. The standard InChI is InChI=1S/C25H31N5O2S2/c1-4-30-22-13-12-19(34(31,32)29-14-8-5-9-15-29)16-21(22)26-24(30)17-28(3)18(2)25-27-20-10-6-7-11-23(20)33-25/h6-7,10-13,16,18H,4-5,8-9,14-15,17H2,1-3H3/t18-/m0/s1. The van der Waals surface area contributed by atoms with Crippen LogP contribution < -0.4 is 0 Å². The topological polar surface area (TPSA) is 71.3 Å². The van der Waals surface area contributed by atoms with Gasteiger partial charge >= 0.3 is 0 Å². The summed E-state index contributed by atoms with van der Waals surface area (Å²) in [4.78, 5) is 12.3. The Morgan fingerprint density at radius 1 is 1.06 bits per heavy atom. The van der Waals surface area contributed by atoms with Gasteiger partial charge in [-0.15, -0.1) is 11.3 Å². The van der Waals surface area contributed by atoms with Crippen molar-refractivity contribution in [2.45, 2.75) is 57.1 Å². The number of hydrogen-bond acceptors (Lipinski definition) is 6. The average Bonchev–Trinajstić information content (AvgIpc) is 3.44. The van der Waals surface area contributed by atoms with Crippen LogP contribution in [0.5, 0.6) is 0 Å². The van der Waals surface area contributed by atoms with Crippen LogP contribution in [0.3, 0.4) is 0 Å². The normalized spacial score (nSPS) is 16.6. The highest BCUT2D eigenvalue weighted by Crippen LogP contribution is 2.30. The fraction of sp³-hybridized carbons (Fsp3) is 0.440. The Kier molecular flexibility index (Phi) is 6.45. The highest BCUT2D eigenvalue weighted by Gasteiger charge is 2.27. The summed E-state index contributed by atoms with van der Waals surface area (Å²) < 4.78 is 31.3. The Balaban J connectivity index is 1.42. The van der Waals surface area contributed by atoms with Crippen LogP contribution in [0.15, 0.2) is 47.4 Å². The molecule has 180 valence electrons. The number of aryl methyl sites for hydroxylation is 1. The van der Waals surface area contributed by atoms with Gasteiger partial charge in [-0.2, -0.15) is 4.31 Å². The number of rotatable bonds is 7. The fourth-order valence-electron chi connectivity index (χ4n) is 4.67. The number of piperidine rings is 1. The van der Waals surface area contributed by atoms with Crippen molar-refractivity contribution in [1.82, 2.24) is 23.7 Å². The van der Waals surface area contributed by atoms with Crippen molar-refractivity contribution in [3.05, 3.63) is 53.3 Å². The zero-order chi connectivity index (χ0) is 23.9. The predicted molar refractivity (Wildman–Crippen MR) is 138 cm³/mol. The molecule has 0 spiro atoms. The summed E-state index contributed by atoms with van der Waals surface area (Å²) in [5.74, 6) is 0.931. The molecule has 9 heteroatoms. The minimum atomic E-state index is -3.48. The van der Waals surface area contributed by atoms with Gasteiger partial charge in [0, 0.05) is 19.6 Å². The molecule has 34 heavy (non-hydrogen) atoms. The van der Waals surface area contributed by atoms with E-state index in [2.05, 4.69) is 36.4 Å². The molecule has 0 radical (unpaired) electrons. The second kappa shape index (κ2) is 9.37. The van der Waals surface area contributed by atoms with Crippen molar-refractivity contribution >= 4 is 42.6 Å². The predicted octanol–water partition coefficient (Wildman–Crippen LogP) is 5.03. The molecule has 2 aromatic carbocycles. The van der Waals surface area contributed by atoms with Crippen molar-refractivity contribution in [3.63, 3.8) is 0 Å². The third kappa shape index (κ3) is 4.26. The summed E-state index contributed by atoms with van der Waals surface area (Å²) in [7, 11) is -1.40. The summed E-state index contributed by atoms with van der Waals surface area (Å²) in [5.41, 5.74) is 2.73. The third-order valence-electron chi connectivity index (χ3n) is 6.79. The molecule has 0 aliphatic carbocycles. The molecular weight excluding hydrogens is 466 g/mol. The molecule has 0 saturated carbocycles. The molecule has 1 aliphatic rings. The van der Waals surface area contributed by atoms with Crippen LogP contribution in [0.1, 0.15) is 50.0 Å². The minimum absolute atomic E-state index is 0.137. The molecule has 1 fully saturated rings. The molecule has 7 nitrogen and oxygen atoms in total. The second-order valence-electron chi connectivity index (χ2n) is 9.00. The first kappa shape index (κ1) is 23.4. The Hall–Kier alpha value is -2.33. The zero-order valence-corrected chi connectivity index (χ0v) is 21.6. The van der Waals surface area contributed by atoms with E-state index in [0.717, 1.165) is 53.2 Å². The van der Waals surface area contributed by atoms with E-state index >= 15 is 0 Å². The maximum absolute atomic E-state index is 13.2. The summed E-state index contributed by atoms with van der Waals surface area (Å²) >= 11 is 1.73. The van der Waals surface area contributed by atoms with Crippen molar-refractivity contribution in [1.29, 1.82) is 0 Å². The number of benzene rings is 2. The highest BCUT2D eigenvalue weighted by atomic mass is 32.2. The lowest BCUT2D eigenvalue weighted by Crippen LogP contribution is -2.35. The van der Waals surface area contributed by atoms with Gasteiger partial charge in [0.2, 0.25) is 10.0 Å². The molecular formula is C25H31N5O2S2. The quantitative estimate of drug-likeness (QED) is 0.358. The van der Waals surface area contributed by atoms with E-state index in [1.165, 1.54) is 4.70 Å². The van der Waals surface area contributed by atoms with Gasteiger partial charge in [-0.05, 0) is 64.1 Å². The molecule has 1 atom stereocenters. The van der Waals surface area contributed by atoms with Gasteiger partial charge in [0.15, 0.2) is 0 Å². The Morgan fingerprint density at radius 3 is 2.56 bits per heavy atom. The van der Waals surface area contributed by atoms with Gasteiger partial charge in [-0.3, -0.25) is 4.90 Å². The lowest BCUT2D eigenvalue weighted by atomic mass is 10.2. The molecule has 2 aromatic heterocycles. The molecule has 0 bridgehead atoms. The lowest BCUT2D eigenvalue weighted by Gasteiger charge is -2.25. The number of fused-ring (bicyclic) bond motifs is 2. The largest absolute Gasteiger partial charge is 0.327 e. The average molecular weight is 498 g/mol. The molecule has 0 amide bonds. The van der Waals surface area contributed by atoms with Gasteiger partial charge in [0.1, 0.15) is 10.8 Å². The Labute approximate surface area is 205 Å². The van der Waals surface area contributed by atoms with E-state index in [4.69, 9.17) is 9.97 Å². The summed E-state index contributed by atoms with van der Waals surface area (Å²) in [5, 5.41) is 1.08. The first-order valence-corrected chi connectivity index (χ1v) is 14.2. The number of hydrogen-bond donors (Lipinski definition) is 0. The monoisotopic (exact) mass is 497 g/mol. The fourth-order valence-corrected chi connectivity index (χ4v) is 7.29. The van der Waals surface area contributed by atoms with E-state index in [0.29, 0.717) is 24.5 Å². The van der Waals surface area contributed by atoms with Crippen molar-refractivity contribution < 1.29 is 8.42 Å². The van der Waals surface area contributed by atoms with Crippen LogP contribution in [0.4, 0.5) is 0 Å². The summed E-state index contributed by atoms with van der Waals surface area (Å²) in [6, 6.07) is 13.7. The van der Waals surface area contributed by atoms with Crippen molar-refractivity contribution in [2.75, 3.05) is 20.1 Å². The van der Waals surface area contributed by atoms with Crippen LogP contribution in [-0.2, 0) is 23.1 Å². The minimum Gasteiger partial charge on any atom is -0.327 e.